The second-order valence-corrected chi connectivity index (χ2v) is 5.49. The number of hydrogen-bond donors (Lipinski definition) is 1. The third-order valence-electron chi connectivity index (χ3n) is 2.09. The number of carboxylic acid groups (broad SMARTS) is 1. The van der Waals surface area contributed by atoms with E-state index >= 15 is 0 Å². The highest BCUT2D eigenvalue weighted by atomic mass is 16.7. The lowest BCUT2D eigenvalue weighted by molar-refractivity contribution is -0.235. The van der Waals surface area contributed by atoms with Gasteiger partial charge >= 0.3 is 5.97 Å². The van der Waals surface area contributed by atoms with Crippen LogP contribution in [0.1, 0.15) is 47.5 Å². The number of rotatable bonds is 7. The van der Waals surface area contributed by atoms with Crippen molar-refractivity contribution < 1.29 is 19.5 Å². The van der Waals surface area contributed by atoms with Gasteiger partial charge in [-0.2, -0.15) is 0 Å². The van der Waals surface area contributed by atoms with Crippen molar-refractivity contribution in [1.29, 1.82) is 0 Å². The van der Waals surface area contributed by atoms with Gasteiger partial charge in [0.1, 0.15) is 0 Å². The van der Waals surface area contributed by atoms with Gasteiger partial charge in [0.15, 0.2) is 6.04 Å². The number of hydroxylamine groups is 2. The molecule has 0 aromatic heterocycles. The van der Waals surface area contributed by atoms with E-state index in [2.05, 4.69) is 0 Å². The van der Waals surface area contributed by atoms with Crippen molar-refractivity contribution in [3.05, 3.63) is 0 Å². The normalized spacial score (nSPS) is 13.5. The Labute approximate surface area is 103 Å². The predicted octanol–water partition coefficient (Wildman–Crippen LogP) is 2.06. The maximum Gasteiger partial charge on any atom is 0.329 e. The van der Waals surface area contributed by atoms with E-state index < -0.39 is 17.6 Å². The van der Waals surface area contributed by atoms with E-state index in [1.807, 2.05) is 13.8 Å². The summed E-state index contributed by atoms with van der Waals surface area (Å²) in [5.41, 5.74) is -0.591. The molecule has 0 radical (unpaired) electrons. The number of carboxylic acids is 1. The van der Waals surface area contributed by atoms with Crippen molar-refractivity contribution in [1.82, 2.24) is 5.06 Å². The Bertz CT molecular complexity index is 258. The van der Waals surface area contributed by atoms with Gasteiger partial charge in [0.25, 0.3) is 0 Å². The average molecular weight is 245 g/mol. The SMILES string of the molecule is CC(C)CC[C@@H](C(=O)O)N(C=O)OC(C)(C)C. The molecule has 0 aliphatic carbocycles. The van der Waals surface area contributed by atoms with Crippen molar-refractivity contribution in [2.24, 2.45) is 5.92 Å². The largest absolute Gasteiger partial charge is 0.480 e. The quantitative estimate of drug-likeness (QED) is 0.550. The number of hydrogen-bond acceptors (Lipinski definition) is 3. The van der Waals surface area contributed by atoms with Crippen molar-refractivity contribution in [3.63, 3.8) is 0 Å². The summed E-state index contributed by atoms with van der Waals surface area (Å²) in [5, 5.41) is 10.0. The van der Waals surface area contributed by atoms with E-state index in [1.165, 1.54) is 0 Å². The first-order valence-corrected chi connectivity index (χ1v) is 5.83. The predicted molar refractivity (Wildman–Crippen MR) is 64.2 cm³/mol. The van der Waals surface area contributed by atoms with E-state index in [9.17, 15) is 9.59 Å². The Hall–Kier alpha value is -1.10. The number of amides is 1. The van der Waals surface area contributed by atoms with Crippen LogP contribution in [-0.4, -0.2) is 34.2 Å². The first-order valence-electron chi connectivity index (χ1n) is 5.83. The van der Waals surface area contributed by atoms with Crippen molar-refractivity contribution in [3.8, 4) is 0 Å². The van der Waals surface area contributed by atoms with E-state index in [0.717, 1.165) is 11.5 Å². The highest BCUT2D eigenvalue weighted by molar-refractivity contribution is 5.75. The fourth-order valence-corrected chi connectivity index (χ4v) is 1.33. The molecular formula is C12H23NO4. The molecule has 1 amide bonds. The lowest BCUT2D eigenvalue weighted by Gasteiger charge is -2.31. The van der Waals surface area contributed by atoms with Gasteiger partial charge < -0.3 is 5.11 Å². The van der Waals surface area contributed by atoms with E-state index in [4.69, 9.17) is 9.94 Å². The fourth-order valence-electron chi connectivity index (χ4n) is 1.33. The number of nitrogens with zero attached hydrogens (tertiary/aromatic N) is 1. The van der Waals surface area contributed by atoms with Gasteiger partial charge in [-0.15, -0.1) is 0 Å². The minimum absolute atomic E-state index is 0.389. The molecule has 0 aliphatic heterocycles. The third-order valence-corrected chi connectivity index (χ3v) is 2.09. The van der Waals surface area contributed by atoms with Gasteiger partial charge in [-0.25, -0.2) is 9.86 Å². The van der Waals surface area contributed by atoms with Gasteiger partial charge in [-0.1, -0.05) is 13.8 Å². The van der Waals surface area contributed by atoms with Crippen LogP contribution in [0.15, 0.2) is 0 Å². The maximum atomic E-state index is 11.1. The summed E-state index contributed by atoms with van der Waals surface area (Å²) in [7, 11) is 0. The van der Waals surface area contributed by atoms with Crippen molar-refractivity contribution in [2.45, 2.75) is 59.1 Å². The number of carbonyl (C=O) groups is 2. The molecule has 17 heavy (non-hydrogen) atoms. The lowest BCUT2D eigenvalue weighted by atomic mass is 10.0. The second kappa shape index (κ2) is 6.59. The van der Waals surface area contributed by atoms with Gasteiger partial charge in [-0.05, 0) is 39.5 Å². The zero-order valence-corrected chi connectivity index (χ0v) is 11.3. The summed E-state index contributed by atoms with van der Waals surface area (Å²) in [6, 6.07) is -0.922. The monoisotopic (exact) mass is 245 g/mol. The van der Waals surface area contributed by atoms with Gasteiger partial charge in [0.05, 0.1) is 5.60 Å². The molecule has 5 nitrogen and oxygen atoms in total. The molecule has 0 aromatic carbocycles. The molecule has 0 rings (SSSR count). The molecule has 100 valence electrons. The van der Waals surface area contributed by atoms with Crippen molar-refractivity contribution >= 4 is 12.4 Å². The standard InChI is InChI=1S/C12H23NO4/c1-9(2)6-7-10(11(15)16)13(8-14)17-12(3,4)5/h8-10H,6-7H2,1-5H3,(H,15,16)/t10-/m0/s1. The summed E-state index contributed by atoms with van der Waals surface area (Å²) in [6.07, 6.45) is 1.56. The molecule has 0 spiro atoms. The van der Waals surface area contributed by atoms with Crippen LogP contribution in [-0.2, 0) is 14.4 Å². The smallest absolute Gasteiger partial charge is 0.329 e. The third kappa shape index (κ3) is 6.94. The van der Waals surface area contributed by atoms with Crippen LogP contribution in [0, 0.1) is 5.92 Å². The van der Waals surface area contributed by atoms with Crippen LogP contribution < -0.4 is 0 Å². The molecule has 0 saturated heterocycles. The van der Waals surface area contributed by atoms with Crippen LogP contribution >= 0.6 is 0 Å². The molecule has 0 aromatic rings. The maximum absolute atomic E-state index is 11.1. The topological polar surface area (TPSA) is 66.8 Å². The summed E-state index contributed by atoms with van der Waals surface area (Å²) < 4.78 is 0. The molecule has 1 N–H and O–H groups in total. The summed E-state index contributed by atoms with van der Waals surface area (Å²) in [5.74, 6) is -0.651. The Balaban J connectivity index is 4.64. The summed E-state index contributed by atoms with van der Waals surface area (Å²) in [4.78, 5) is 27.4. The average Bonchev–Trinajstić information content (AvgIpc) is 2.13. The minimum atomic E-state index is -1.04. The van der Waals surface area contributed by atoms with E-state index in [-0.39, 0.29) is 0 Å². The molecule has 0 fully saturated rings. The Morgan fingerprint density at radius 1 is 1.35 bits per heavy atom. The first kappa shape index (κ1) is 15.9. The van der Waals surface area contributed by atoms with Crippen LogP contribution in [0.4, 0.5) is 0 Å². The van der Waals surface area contributed by atoms with Crippen LogP contribution in [0.25, 0.3) is 0 Å². The molecule has 0 saturated carbocycles. The van der Waals surface area contributed by atoms with Crippen LogP contribution in [0.5, 0.6) is 0 Å². The molecule has 1 atom stereocenters. The molecular weight excluding hydrogens is 222 g/mol. The molecule has 5 heteroatoms. The number of aliphatic carboxylic acids is 1. The summed E-state index contributed by atoms with van der Waals surface area (Å²) in [6.45, 7) is 9.32. The Kier molecular flexibility index (Phi) is 6.16. The fraction of sp³-hybridized carbons (Fsp3) is 0.833. The highest BCUT2D eigenvalue weighted by Gasteiger charge is 2.29. The van der Waals surface area contributed by atoms with Crippen LogP contribution in [0.3, 0.4) is 0 Å². The zero-order valence-electron chi connectivity index (χ0n) is 11.3. The zero-order chi connectivity index (χ0) is 13.6. The van der Waals surface area contributed by atoms with Gasteiger partial charge in [0.2, 0.25) is 6.41 Å². The molecule has 0 heterocycles. The lowest BCUT2D eigenvalue weighted by Crippen LogP contribution is -2.44. The van der Waals surface area contributed by atoms with Gasteiger partial charge in [0, 0.05) is 0 Å². The Morgan fingerprint density at radius 3 is 2.18 bits per heavy atom. The minimum Gasteiger partial charge on any atom is -0.480 e. The van der Waals surface area contributed by atoms with Crippen molar-refractivity contribution in [2.75, 3.05) is 0 Å². The molecule has 0 aliphatic rings. The number of carbonyl (C=O) groups excluding carboxylic acids is 1. The molecule has 0 bridgehead atoms. The first-order chi connectivity index (χ1) is 7.67. The summed E-state index contributed by atoms with van der Waals surface area (Å²) >= 11 is 0. The molecule has 0 unspecified atom stereocenters. The Morgan fingerprint density at radius 2 is 1.88 bits per heavy atom. The second-order valence-electron chi connectivity index (χ2n) is 5.49. The highest BCUT2D eigenvalue weighted by Crippen LogP contribution is 2.16. The van der Waals surface area contributed by atoms with Gasteiger partial charge in [-0.3, -0.25) is 9.63 Å². The van der Waals surface area contributed by atoms with E-state index in [0.29, 0.717) is 18.7 Å². The van der Waals surface area contributed by atoms with Crippen LogP contribution in [0.2, 0.25) is 0 Å². The van der Waals surface area contributed by atoms with E-state index in [1.54, 1.807) is 20.8 Å².